The summed E-state index contributed by atoms with van der Waals surface area (Å²) in [5.41, 5.74) is 3.66. The Labute approximate surface area is 144 Å². The first-order chi connectivity index (χ1) is 11.6. The van der Waals surface area contributed by atoms with Crippen LogP contribution in [0, 0.1) is 12.7 Å². The van der Waals surface area contributed by atoms with Crippen LogP contribution in [0.4, 0.5) is 4.39 Å². The largest absolute Gasteiger partial charge is 0.352 e. The van der Waals surface area contributed by atoms with Gasteiger partial charge < -0.3 is 5.32 Å². The molecule has 0 bridgehead atoms. The third kappa shape index (κ3) is 4.26. The second-order valence-electron chi connectivity index (χ2n) is 5.60. The van der Waals surface area contributed by atoms with Crippen molar-refractivity contribution in [1.82, 2.24) is 10.3 Å². The van der Waals surface area contributed by atoms with E-state index in [1.807, 2.05) is 42.6 Å². The molecule has 0 saturated carbocycles. The zero-order valence-corrected chi connectivity index (χ0v) is 14.1. The molecular weight excluding hydrogens is 323 g/mol. The maximum Gasteiger partial charge on any atom is 0.226 e. The van der Waals surface area contributed by atoms with Crippen molar-refractivity contribution in [2.75, 3.05) is 0 Å². The summed E-state index contributed by atoms with van der Waals surface area (Å²) < 4.78 is 13.3. The second kappa shape index (κ2) is 7.36. The van der Waals surface area contributed by atoms with E-state index < -0.39 is 0 Å². The molecule has 122 valence electrons. The van der Waals surface area contributed by atoms with Crippen molar-refractivity contribution in [2.45, 2.75) is 19.9 Å². The molecule has 0 aliphatic rings. The van der Waals surface area contributed by atoms with E-state index in [1.54, 1.807) is 6.07 Å². The summed E-state index contributed by atoms with van der Waals surface area (Å²) in [6.07, 6.45) is 0.220. The van der Waals surface area contributed by atoms with Crippen molar-refractivity contribution in [2.24, 2.45) is 0 Å². The van der Waals surface area contributed by atoms with Crippen molar-refractivity contribution in [1.29, 1.82) is 0 Å². The van der Waals surface area contributed by atoms with E-state index in [0.29, 0.717) is 12.2 Å². The molecule has 0 spiro atoms. The summed E-state index contributed by atoms with van der Waals surface area (Å²) >= 11 is 1.41. The van der Waals surface area contributed by atoms with Gasteiger partial charge in [-0.3, -0.25) is 4.79 Å². The van der Waals surface area contributed by atoms with Crippen LogP contribution in [0.25, 0.3) is 10.6 Å². The van der Waals surface area contributed by atoms with Gasteiger partial charge >= 0.3 is 0 Å². The Morgan fingerprint density at radius 1 is 1.21 bits per heavy atom. The molecule has 1 amide bonds. The fourth-order valence-electron chi connectivity index (χ4n) is 2.39. The lowest BCUT2D eigenvalue weighted by Crippen LogP contribution is -2.24. The summed E-state index contributed by atoms with van der Waals surface area (Å²) in [5.74, 6) is -0.368. The van der Waals surface area contributed by atoms with Gasteiger partial charge in [0, 0.05) is 17.5 Å². The van der Waals surface area contributed by atoms with Crippen molar-refractivity contribution in [3.05, 3.63) is 76.5 Å². The molecule has 0 unspecified atom stereocenters. The molecule has 5 heteroatoms. The third-order valence-corrected chi connectivity index (χ3v) is 4.48. The van der Waals surface area contributed by atoms with Crippen molar-refractivity contribution in [3.8, 4) is 10.6 Å². The zero-order valence-electron chi connectivity index (χ0n) is 13.3. The van der Waals surface area contributed by atoms with Crippen LogP contribution in [0.2, 0.25) is 0 Å². The molecule has 0 aliphatic heterocycles. The summed E-state index contributed by atoms with van der Waals surface area (Å²) in [6.45, 7) is 2.52. The van der Waals surface area contributed by atoms with Crippen LogP contribution in [0.3, 0.4) is 0 Å². The fourth-order valence-corrected chi connectivity index (χ4v) is 3.21. The lowest BCUT2D eigenvalue weighted by Gasteiger charge is -2.05. The SMILES string of the molecule is Cc1cccc(CNC(=O)Cc2csc(-c3cccc(F)c3)n2)c1. The lowest BCUT2D eigenvalue weighted by molar-refractivity contribution is -0.120. The first kappa shape index (κ1) is 16.3. The summed E-state index contributed by atoms with van der Waals surface area (Å²) in [5, 5.41) is 5.46. The second-order valence-corrected chi connectivity index (χ2v) is 6.46. The number of carbonyl (C=O) groups excluding carboxylic acids is 1. The lowest BCUT2D eigenvalue weighted by atomic mass is 10.1. The number of amides is 1. The normalized spacial score (nSPS) is 10.6. The highest BCUT2D eigenvalue weighted by Crippen LogP contribution is 2.24. The van der Waals surface area contributed by atoms with Crippen LogP contribution >= 0.6 is 11.3 Å². The van der Waals surface area contributed by atoms with E-state index in [1.165, 1.54) is 29.0 Å². The standard InChI is InChI=1S/C19H17FN2OS/c1-13-4-2-5-14(8-13)11-21-18(23)10-17-12-24-19(22-17)15-6-3-7-16(20)9-15/h2-9,12H,10-11H2,1H3,(H,21,23). The highest BCUT2D eigenvalue weighted by Gasteiger charge is 2.09. The molecular formula is C19H17FN2OS. The minimum Gasteiger partial charge on any atom is -0.352 e. The van der Waals surface area contributed by atoms with Gasteiger partial charge in [0.25, 0.3) is 0 Å². The third-order valence-electron chi connectivity index (χ3n) is 3.54. The van der Waals surface area contributed by atoms with Gasteiger partial charge in [-0.15, -0.1) is 11.3 Å². The number of thiazole rings is 1. The van der Waals surface area contributed by atoms with Gasteiger partial charge in [-0.2, -0.15) is 0 Å². The van der Waals surface area contributed by atoms with Crippen LogP contribution in [0.5, 0.6) is 0 Å². The van der Waals surface area contributed by atoms with Gasteiger partial charge in [-0.05, 0) is 24.6 Å². The predicted octanol–water partition coefficient (Wildman–Crippen LogP) is 4.12. The number of carbonyl (C=O) groups is 1. The zero-order chi connectivity index (χ0) is 16.9. The molecule has 0 aliphatic carbocycles. The topological polar surface area (TPSA) is 42.0 Å². The van der Waals surface area contributed by atoms with Gasteiger partial charge in [-0.25, -0.2) is 9.37 Å². The van der Waals surface area contributed by atoms with Crippen molar-refractivity contribution < 1.29 is 9.18 Å². The Kier molecular flexibility index (Phi) is 5.01. The van der Waals surface area contributed by atoms with Crippen LogP contribution in [-0.4, -0.2) is 10.9 Å². The Balaban J connectivity index is 1.59. The Morgan fingerprint density at radius 2 is 2.04 bits per heavy atom. The monoisotopic (exact) mass is 340 g/mol. The number of nitrogens with zero attached hydrogens (tertiary/aromatic N) is 1. The Hall–Kier alpha value is -2.53. The highest BCUT2D eigenvalue weighted by molar-refractivity contribution is 7.13. The first-order valence-electron chi connectivity index (χ1n) is 7.63. The van der Waals surface area contributed by atoms with Gasteiger partial charge in [0.05, 0.1) is 12.1 Å². The fraction of sp³-hybridized carbons (Fsp3) is 0.158. The minimum absolute atomic E-state index is 0.0763. The van der Waals surface area contributed by atoms with E-state index in [2.05, 4.69) is 10.3 Å². The summed E-state index contributed by atoms with van der Waals surface area (Å²) in [7, 11) is 0. The van der Waals surface area contributed by atoms with Crippen LogP contribution in [0.15, 0.2) is 53.9 Å². The van der Waals surface area contributed by atoms with E-state index in [4.69, 9.17) is 0 Å². The van der Waals surface area contributed by atoms with E-state index >= 15 is 0 Å². The maximum absolute atomic E-state index is 13.3. The number of nitrogens with one attached hydrogen (secondary N) is 1. The van der Waals surface area contributed by atoms with Crippen LogP contribution < -0.4 is 5.32 Å². The van der Waals surface area contributed by atoms with Crippen LogP contribution in [0.1, 0.15) is 16.8 Å². The molecule has 24 heavy (non-hydrogen) atoms. The van der Waals surface area contributed by atoms with E-state index in [-0.39, 0.29) is 18.1 Å². The molecule has 3 rings (SSSR count). The van der Waals surface area contributed by atoms with Gasteiger partial charge in [0.1, 0.15) is 10.8 Å². The average Bonchev–Trinajstić information content (AvgIpc) is 3.01. The molecule has 3 nitrogen and oxygen atoms in total. The summed E-state index contributed by atoms with van der Waals surface area (Å²) in [6, 6.07) is 14.3. The minimum atomic E-state index is -0.292. The number of halogens is 1. The predicted molar refractivity (Wildman–Crippen MR) is 94.2 cm³/mol. The van der Waals surface area contributed by atoms with Gasteiger partial charge in [-0.1, -0.05) is 42.0 Å². The number of aromatic nitrogens is 1. The first-order valence-corrected chi connectivity index (χ1v) is 8.51. The number of hydrogen-bond acceptors (Lipinski definition) is 3. The van der Waals surface area contributed by atoms with E-state index in [9.17, 15) is 9.18 Å². The number of aryl methyl sites for hydroxylation is 1. The summed E-state index contributed by atoms with van der Waals surface area (Å²) in [4.78, 5) is 16.5. The van der Waals surface area contributed by atoms with Crippen molar-refractivity contribution >= 4 is 17.2 Å². The average molecular weight is 340 g/mol. The Morgan fingerprint density at radius 3 is 2.83 bits per heavy atom. The van der Waals surface area contributed by atoms with Crippen LogP contribution in [-0.2, 0) is 17.8 Å². The smallest absolute Gasteiger partial charge is 0.226 e. The molecule has 0 atom stereocenters. The number of benzene rings is 2. The molecule has 1 N–H and O–H groups in total. The van der Waals surface area contributed by atoms with Crippen molar-refractivity contribution in [3.63, 3.8) is 0 Å². The molecule has 3 aromatic rings. The maximum atomic E-state index is 13.3. The van der Waals surface area contributed by atoms with Gasteiger partial charge in [0.2, 0.25) is 5.91 Å². The Bertz CT molecular complexity index is 860. The number of hydrogen-bond donors (Lipinski definition) is 1. The highest BCUT2D eigenvalue weighted by atomic mass is 32.1. The molecule has 2 aromatic carbocycles. The number of rotatable bonds is 5. The van der Waals surface area contributed by atoms with E-state index in [0.717, 1.165) is 16.1 Å². The molecule has 1 heterocycles. The molecule has 0 radical (unpaired) electrons. The van der Waals surface area contributed by atoms with Gasteiger partial charge in [0.15, 0.2) is 0 Å². The molecule has 0 saturated heterocycles. The molecule has 1 aromatic heterocycles. The quantitative estimate of drug-likeness (QED) is 0.759. The molecule has 0 fully saturated rings.